The summed E-state index contributed by atoms with van der Waals surface area (Å²) in [6.07, 6.45) is 2.91. The van der Waals surface area contributed by atoms with Crippen molar-refractivity contribution in [1.82, 2.24) is 0 Å². The van der Waals surface area contributed by atoms with Gasteiger partial charge in [0.1, 0.15) is 0 Å². The highest BCUT2D eigenvalue weighted by atomic mass is 14.7. The van der Waals surface area contributed by atoms with Gasteiger partial charge in [0, 0.05) is 18.3 Å². The minimum atomic E-state index is 0.817. The molecule has 0 amide bonds. The molecule has 0 spiro atoms. The summed E-state index contributed by atoms with van der Waals surface area (Å²) in [5.74, 6) is 0. The zero-order chi connectivity index (χ0) is 9.42. The predicted octanol–water partition coefficient (Wildman–Crippen LogP) is 2.01. The van der Waals surface area contributed by atoms with Crippen LogP contribution >= 0.6 is 0 Å². The molecule has 13 heavy (non-hydrogen) atoms. The van der Waals surface area contributed by atoms with Crippen LogP contribution in [0.15, 0.2) is 11.1 Å². The molecule has 0 atom stereocenters. The van der Waals surface area contributed by atoms with Gasteiger partial charge in [-0.25, -0.2) is 0 Å². The van der Waals surface area contributed by atoms with E-state index < -0.39 is 0 Å². The lowest BCUT2D eigenvalue weighted by molar-refractivity contribution is 0.989. The molecule has 1 aliphatic rings. The minimum Gasteiger partial charge on any atom is -0.398 e. The van der Waals surface area contributed by atoms with Gasteiger partial charge in [0.05, 0.1) is 6.54 Å². The van der Waals surface area contributed by atoms with Gasteiger partial charge in [-0.15, -0.1) is 0 Å². The highest BCUT2D eigenvalue weighted by Crippen LogP contribution is 2.26. The lowest BCUT2D eigenvalue weighted by Gasteiger charge is -2.17. The summed E-state index contributed by atoms with van der Waals surface area (Å²) in [6.45, 7) is 4.97. The Kier molecular flexibility index (Phi) is 1.83. The first-order valence-electron chi connectivity index (χ1n) is 4.56. The number of nitrogen functional groups attached to an aromatic ring is 1. The van der Waals surface area contributed by atoms with Crippen LogP contribution in [-0.4, -0.2) is 6.21 Å². The lowest BCUT2D eigenvalue weighted by atomic mass is 9.93. The summed E-state index contributed by atoms with van der Waals surface area (Å²) in [5.41, 5.74) is 12.0. The highest BCUT2D eigenvalue weighted by molar-refractivity contribution is 5.69. The van der Waals surface area contributed by atoms with E-state index in [-0.39, 0.29) is 0 Å². The van der Waals surface area contributed by atoms with Gasteiger partial charge < -0.3 is 5.73 Å². The lowest BCUT2D eigenvalue weighted by Crippen LogP contribution is -2.07. The zero-order valence-electron chi connectivity index (χ0n) is 8.09. The molecular weight excluding hydrogens is 160 g/mol. The maximum Gasteiger partial charge on any atom is 0.0638 e. The molecule has 1 heterocycles. The van der Waals surface area contributed by atoms with Crippen molar-refractivity contribution in [3.8, 4) is 0 Å². The predicted molar refractivity (Wildman–Crippen MR) is 56.2 cm³/mol. The molecule has 2 N–H and O–H groups in total. The molecule has 0 saturated carbocycles. The number of benzene rings is 1. The van der Waals surface area contributed by atoms with Crippen molar-refractivity contribution in [3.63, 3.8) is 0 Å². The van der Waals surface area contributed by atoms with Crippen LogP contribution in [0.1, 0.15) is 22.3 Å². The van der Waals surface area contributed by atoms with Crippen LogP contribution in [0, 0.1) is 13.8 Å². The molecule has 0 bridgehead atoms. The number of hydrogen-bond acceptors (Lipinski definition) is 2. The van der Waals surface area contributed by atoms with Crippen LogP contribution in [0.4, 0.5) is 5.69 Å². The standard InChI is InChI=1S/C11H14N2/c1-7-5-9-6-13-4-3-10(9)8(2)11(7)12/h4-5H,3,6,12H2,1-2H3. The smallest absolute Gasteiger partial charge is 0.0638 e. The van der Waals surface area contributed by atoms with Gasteiger partial charge >= 0.3 is 0 Å². The SMILES string of the molecule is Cc1cc2c(c(C)c1N)CC=NC2. The Morgan fingerprint density at radius 3 is 2.92 bits per heavy atom. The van der Waals surface area contributed by atoms with E-state index in [0.717, 1.165) is 18.7 Å². The first-order valence-corrected chi connectivity index (χ1v) is 4.56. The van der Waals surface area contributed by atoms with Crippen molar-refractivity contribution in [1.29, 1.82) is 0 Å². The number of nitrogens with zero attached hydrogens (tertiary/aromatic N) is 1. The summed E-state index contributed by atoms with van der Waals surface area (Å²) in [5, 5.41) is 0. The van der Waals surface area contributed by atoms with E-state index in [1.54, 1.807) is 0 Å². The fourth-order valence-electron chi connectivity index (χ4n) is 1.87. The van der Waals surface area contributed by atoms with Crippen molar-refractivity contribution in [3.05, 3.63) is 28.3 Å². The first-order chi connectivity index (χ1) is 6.20. The second kappa shape index (κ2) is 2.87. The van der Waals surface area contributed by atoms with Gasteiger partial charge in [0.2, 0.25) is 0 Å². The monoisotopic (exact) mass is 174 g/mol. The summed E-state index contributed by atoms with van der Waals surface area (Å²) >= 11 is 0. The number of hydrogen-bond donors (Lipinski definition) is 1. The van der Waals surface area contributed by atoms with Crippen LogP contribution in [0.3, 0.4) is 0 Å². The minimum absolute atomic E-state index is 0.817. The van der Waals surface area contributed by atoms with Crippen molar-refractivity contribution >= 4 is 11.9 Å². The zero-order valence-corrected chi connectivity index (χ0v) is 8.09. The van der Waals surface area contributed by atoms with E-state index in [9.17, 15) is 0 Å². The van der Waals surface area contributed by atoms with Crippen molar-refractivity contribution in [2.75, 3.05) is 5.73 Å². The van der Waals surface area contributed by atoms with Crippen LogP contribution in [0.2, 0.25) is 0 Å². The molecule has 2 rings (SSSR count). The van der Waals surface area contributed by atoms with Crippen LogP contribution in [0.25, 0.3) is 0 Å². The number of nitrogens with two attached hydrogens (primary N) is 1. The highest BCUT2D eigenvalue weighted by Gasteiger charge is 2.12. The summed E-state index contributed by atoms with van der Waals surface area (Å²) in [7, 11) is 0. The van der Waals surface area contributed by atoms with Gasteiger partial charge in [0.15, 0.2) is 0 Å². The van der Waals surface area contributed by atoms with Gasteiger partial charge in [0.25, 0.3) is 0 Å². The van der Waals surface area contributed by atoms with Crippen LogP contribution in [-0.2, 0) is 13.0 Å². The molecule has 0 aliphatic carbocycles. The van der Waals surface area contributed by atoms with Gasteiger partial charge in [-0.1, -0.05) is 6.07 Å². The maximum atomic E-state index is 5.96. The Bertz CT molecular complexity index is 378. The molecule has 0 fully saturated rings. The molecule has 2 nitrogen and oxygen atoms in total. The molecule has 68 valence electrons. The van der Waals surface area contributed by atoms with Crippen LogP contribution < -0.4 is 5.73 Å². The third-order valence-electron chi connectivity index (χ3n) is 2.75. The maximum absolute atomic E-state index is 5.96. The molecule has 1 aromatic rings. The third-order valence-corrected chi connectivity index (χ3v) is 2.75. The van der Waals surface area contributed by atoms with Gasteiger partial charge in [-0.3, -0.25) is 4.99 Å². The fourth-order valence-corrected chi connectivity index (χ4v) is 1.87. The third kappa shape index (κ3) is 1.22. The second-order valence-electron chi connectivity index (χ2n) is 3.60. The van der Waals surface area contributed by atoms with E-state index in [0.29, 0.717) is 0 Å². The molecule has 1 aliphatic heterocycles. The Morgan fingerprint density at radius 2 is 2.15 bits per heavy atom. The summed E-state index contributed by atoms with van der Waals surface area (Å²) in [4.78, 5) is 4.26. The number of aryl methyl sites for hydroxylation is 1. The average Bonchev–Trinajstić information content (AvgIpc) is 2.15. The molecule has 0 unspecified atom stereocenters. The number of aliphatic imine (C=N–C) groups is 1. The second-order valence-corrected chi connectivity index (χ2v) is 3.60. The number of rotatable bonds is 0. The van der Waals surface area contributed by atoms with Crippen molar-refractivity contribution in [2.45, 2.75) is 26.8 Å². The topological polar surface area (TPSA) is 38.4 Å². The molecule has 0 aromatic heterocycles. The van der Waals surface area contributed by atoms with E-state index in [1.165, 1.54) is 22.3 Å². The van der Waals surface area contributed by atoms with E-state index in [2.05, 4.69) is 24.9 Å². The van der Waals surface area contributed by atoms with E-state index in [4.69, 9.17) is 5.73 Å². The largest absolute Gasteiger partial charge is 0.398 e. The summed E-state index contributed by atoms with van der Waals surface area (Å²) in [6, 6.07) is 2.16. The normalized spacial score (nSPS) is 14.3. The number of anilines is 1. The average molecular weight is 174 g/mol. The molecule has 0 radical (unpaired) electrons. The first kappa shape index (κ1) is 8.30. The Balaban J connectivity index is 2.64. The van der Waals surface area contributed by atoms with Crippen molar-refractivity contribution < 1.29 is 0 Å². The molecule has 2 heteroatoms. The van der Waals surface area contributed by atoms with E-state index in [1.807, 2.05) is 6.21 Å². The molecular formula is C11H14N2. The quantitative estimate of drug-likeness (QED) is 0.600. The molecule has 1 aromatic carbocycles. The molecule has 0 saturated heterocycles. The Labute approximate surface area is 78.5 Å². The van der Waals surface area contributed by atoms with Crippen LogP contribution in [0.5, 0.6) is 0 Å². The van der Waals surface area contributed by atoms with Gasteiger partial charge in [-0.05, 0) is 36.1 Å². The Morgan fingerprint density at radius 1 is 1.38 bits per heavy atom. The number of fused-ring (bicyclic) bond motifs is 1. The van der Waals surface area contributed by atoms with Gasteiger partial charge in [-0.2, -0.15) is 0 Å². The van der Waals surface area contributed by atoms with Crippen molar-refractivity contribution in [2.24, 2.45) is 4.99 Å². The Hall–Kier alpha value is -1.31. The fraction of sp³-hybridized carbons (Fsp3) is 0.364. The van der Waals surface area contributed by atoms with E-state index >= 15 is 0 Å². The summed E-state index contributed by atoms with van der Waals surface area (Å²) < 4.78 is 0.